The summed E-state index contributed by atoms with van der Waals surface area (Å²) in [5.74, 6) is -1.42. The van der Waals surface area contributed by atoms with Crippen molar-refractivity contribution < 1.29 is 14.7 Å². The van der Waals surface area contributed by atoms with Crippen LogP contribution in [0.25, 0.3) is 0 Å². The summed E-state index contributed by atoms with van der Waals surface area (Å²) < 4.78 is 0. The summed E-state index contributed by atoms with van der Waals surface area (Å²) in [4.78, 5) is 27.0. The molecule has 0 aliphatic rings. The van der Waals surface area contributed by atoms with Crippen LogP contribution in [0.5, 0.6) is 0 Å². The third-order valence-electron chi connectivity index (χ3n) is 2.94. The molecule has 0 saturated carbocycles. The lowest BCUT2D eigenvalue weighted by Crippen LogP contribution is -2.16. The van der Waals surface area contributed by atoms with E-state index in [4.69, 9.17) is 5.11 Å². The lowest BCUT2D eigenvalue weighted by molar-refractivity contribution is 0.0695. The van der Waals surface area contributed by atoms with Crippen molar-refractivity contribution in [3.8, 4) is 0 Å². The molecule has 2 N–H and O–H groups in total. The van der Waals surface area contributed by atoms with Crippen LogP contribution in [0.4, 0.5) is 5.69 Å². The summed E-state index contributed by atoms with van der Waals surface area (Å²) in [6, 6.07) is 10.2. The van der Waals surface area contributed by atoms with Crippen LogP contribution in [0.1, 0.15) is 32.1 Å². The number of nitrogens with zero attached hydrogens (tertiary/aromatic N) is 1. The molecular weight excluding hydrogens is 256 g/mol. The molecule has 2 aromatic rings. The van der Waals surface area contributed by atoms with Crippen molar-refractivity contribution in [2.75, 3.05) is 5.32 Å². The number of para-hydroxylation sites is 1. The first-order chi connectivity index (χ1) is 9.49. The number of anilines is 1. The second-order valence-corrected chi connectivity index (χ2v) is 4.40. The van der Waals surface area contributed by atoms with Crippen LogP contribution in [0.2, 0.25) is 0 Å². The quantitative estimate of drug-likeness (QED) is 0.898. The Morgan fingerprint density at radius 2 is 1.80 bits per heavy atom. The van der Waals surface area contributed by atoms with Crippen LogP contribution in [0.15, 0.2) is 36.4 Å². The number of pyridine rings is 1. The number of rotatable bonds is 3. The van der Waals surface area contributed by atoms with Crippen LogP contribution in [0, 0.1) is 13.8 Å². The Balaban J connectivity index is 2.24. The van der Waals surface area contributed by atoms with Crippen LogP contribution < -0.4 is 5.32 Å². The van der Waals surface area contributed by atoms with Crippen molar-refractivity contribution in [2.45, 2.75) is 13.8 Å². The average Bonchev–Trinajstić information content (AvgIpc) is 2.40. The van der Waals surface area contributed by atoms with Gasteiger partial charge in [-0.2, -0.15) is 0 Å². The van der Waals surface area contributed by atoms with Gasteiger partial charge in [0.15, 0.2) is 0 Å². The van der Waals surface area contributed by atoms with Gasteiger partial charge in [0.05, 0.1) is 11.3 Å². The number of aromatic carboxylic acids is 1. The van der Waals surface area contributed by atoms with Crippen molar-refractivity contribution in [3.63, 3.8) is 0 Å². The lowest BCUT2D eigenvalue weighted by Gasteiger charge is -2.08. The number of hydrogen-bond donors (Lipinski definition) is 2. The molecule has 1 aromatic carbocycles. The SMILES string of the molecule is Cc1ccccc1NC(=O)c1ccc(C(=O)O)c(C)n1. The van der Waals surface area contributed by atoms with E-state index < -0.39 is 5.97 Å². The summed E-state index contributed by atoms with van der Waals surface area (Å²) in [6.45, 7) is 3.45. The molecule has 0 spiro atoms. The van der Waals surface area contributed by atoms with Crippen molar-refractivity contribution in [1.82, 2.24) is 4.98 Å². The Hall–Kier alpha value is -2.69. The number of benzene rings is 1. The molecule has 20 heavy (non-hydrogen) atoms. The van der Waals surface area contributed by atoms with Gasteiger partial charge in [-0.05, 0) is 37.6 Å². The fourth-order valence-electron chi connectivity index (χ4n) is 1.81. The molecule has 0 atom stereocenters. The van der Waals surface area contributed by atoms with Gasteiger partial charge in [0.1, 0.15) is 5.69 Å². The van der Waals surface area contributed by atoms with Crippen molar-refractivity contribution in [2.24, 2.45) is 0 Å². The van der Waals surface area contributed by atoms with Gasteiger partial charge in [0.25, 0.3) is 5.91 Å². The van der Waals surface area contributed by atoms with Gasteiger partial charge in [-0.15, -0.1) is 0 Å². The van der Waals surface area contributed by atoms with E-state index in [1.54, 1.807) is 13.0 Å². The maximum absolute atomic E-state index is 12.1. The first-order valence-corrected chi connectivity index (χ1v) is 6.07. The molecule has 1 heterocycles. The highest BCUT2D eigenvalue weighted by molar-refractivity contribution is 6.03. The predicted octanol–water partition coefficient (Wildman–Crippen LogP) is 2.65. The number of aryl methyl sites for hydroxylation is 2. The minimum atomic E-state index is -1.05. The third kappa shape index (κ3) is 2.83. The molecule has 0 aliphatic carbocycles. The molecule has 0 bridgehead atoms. The second kappa shape index (κ2) is 5.52. The number of carbonyl (C=O) groups is 2. The Bertz CT molecular complexity index is 681. The molecule has 102 valence electrons. The van der Waals surface area contributed by atoms with Gasteiger partial charge in [-0.25, -0.2) is 9.78 Å². The van der Waals surface area contributed by atoms with Crippen molar-refractivity contribution >= 4 is 17.6 Å². The molecule has 1 aromatic heterocycles. The van der Waals surface area contributed by atoms with E-state index in [-0.39, 0.29) is 17.2 Å². The Morgan fingerprint density at radius 3 is 2.40 bits per heavy atom. The topological polar surface area (TPSA) is 79.3 Å². The van der Waals surface area contributed by atoms with Gasteiger partial charge in [0, 0.05) is 5.69 Å². The van der Waals surface area contributed by atoms with E-state index in [0.29, 0.717) is 11.4 Å². The van der Waals surface area contributed by atoms with E-state index in [0.717, 1.165) is 5.56 Å². The number of hydrogen-bond acceptors (Lipinski definition) is 3. The van der Waals surface area contributed by atoms with Crippen LogP contribution >= 0.6 is 0 Å². The number of amides is 1. The summed E-state index contributed by atoms with van der Waals surface area (Å²) in [5, 5.41) is 11.7. The molecule has 0 radical (unpaired) electrons. The zero-order valence-electron chi connectivity index (χ0n) is 11.2. The van der Waals surface area contributed by atoms with E-state index in [1.807, 2.05) is 25.1 Å². The maximum atomic E-state index is 12.1. The standard InChI is InChI=1S/C15H14N2O3/c1-9-5-3-4-6-12(9)17-14(18)13-8-7-11(15(19)20)10(2)16-13/h3-8H,1-2H3,(H,17,18)(H,19,20). The van der Waals surface area contributed by atoms with Crippen LogP contribution in [-0.4, -0.2) is 22.0 Å². The maximum Gasteiger partial charge on any atom is 0.337 e. The first-order valence-electron chi connectivity index (χ1n) is 6.07. The number of carbonyl (C=O) groups excluding carboxylic acids is 1. The monoisotopic (exact) mass is 270 g/mol. The Kier molecular flexibility index (Phi) is 3.79. The summed E-state index contributed by atoms with van der Waals surface area (Å²) in [7, 11) is 0. The fraction of sp³-hybridized carbons (Fsp3) is 0.133. The van der Waals surface area contributed by atoms with E-state index in [9.17, 15) is 9.59 Å². The number of aromatic nitrogens is 1. The van der Waals surface area contributed by atoms with Crippen molar-refractivity contribution in [3.05, 3.63) is 58.9 Å². The zero-order chi connectivity index (χ0) is 14.7. The molecule has 5 heteroatoms. The third-order valence-corrected chi connectivity index (χ3v) is 2.94. The van der Waals surface area contributed by atoms with Crippen LogP contribution in [0.3, 0.4) is 0 Å². The first kappa shape index (κ1) is 13.7. The number of carboxylic acid groups (broad SMARTS) is 1. The largest absolute Gasteiger partial charge is 0.478 e. The van der Waals surface area contributed by atoms with Gasteiger partial charge in [-0.3, -0.25) is 4.79 Å². The lowest BCUT2D eigenvalue weighted by atomic mass is 10.1. The van der Waals surface area contributed by atoms with E-state index in [2.05, 4.69) is 10.3 Å². The predicted molar refractivity (Wildman–Crippen MR) is 75.1 cm³/mol. The minimum absolute atomic E-state index is 0.0949. The highest BCUT2D eigenvalue weighted by atomic mass is 16.4. The molecule has 0 fully saturated rings. The summed E-state index contributed by atoms with van der Waals surface area (Å²) in [6.07, 6.45) is 0. The Morgan fingerprint density at radius 1 is 1.10 bits per heavy atom. The van der Waals surface area contributed by atoms with E-state index >= 15 is 0 Å². The normalized spacial score (nSPS) is 10.1. The van der Waals surface area contributed by atoms with Gasteiger partial charge in [0.2, 0.25) is 0 Å². The smallest absolute Gasteiger partial charge is 0.337 e. The molecular formula is C15H14N2O3. The molecule has 5 nitrogen and oxygen atoms in total. The van der Waals surface area contributed by atoms with E-state index in [1.165, 1.54) is 12.1 Å². The molecule has 2 rings (SSSR count). The number of carboxylic acids is 1. The second-order valence-electron chi connectivity index (χ2n) is 4.40. The Labute approximate surface area is 116 Å². The van der Waals surface area contributed by atoms with Gasteiger partial charge >= 0.3 is 5.97 Å². The molecule has 0 saturated heterocycles. The highest BCUT2D eigenvalue weighted by Crippen LogP contribution is 2.15. The zero-order valence-corrected chi connectivity index (χ0v) is 11.2. The summed E-state index contributed by atoms with van der Waals surface area (Å²) in [5.41, 5.74) is 2.25. The minimum Gasteiger partial charge on any atom is -0.478 e. The number of nitrogens with one attached hydrogen (secondary N) is 1. The van der Waals surface area contributed by atoms with Crippen LogP contribution in [-0.2, 0) is 0 Å². The average molecular weight is 270 g/mol. The van der Waals surface area contributed by atoms with Gasteiger partial charge in [-0.1, -0.05) is 18.2 Å². The highest BCUT2D eigenvalue weighted by Gasteiger charge is 2.13. The molecule has 0 aliphatic heterocycles. The summed E-state index contributed by atoms with van der Waals surface area (Å²) >= 11 is 0. The molecule has 1 amide bonds. The fourth-order valence-corrected chi connectivity index (χ4v) is 1.81. The van der Waals surface area contributed by atoms with Crippen molar-refractivity contribution in [1.29, 1.82) is 0 Å². The van der Waals surface area contributed by atoms with Gasteiger partial charge < -0.3 is 10.4 Å². The molecule has 0 unspecified atom stereocenters.